The van der Waals surface area contributed by atoms with Gasteiger partial charge in [0, 0.05) is 19.1 Å². The smallest absolute Gasteiger partial charge is 0.407 e. The fraction of sp³-hybridized carbons (Fsp3) is 0.611. The van der Waals surface area contributed by atoms with Crippen molar-refractivity contribution in [3.63, 3.8) is 0 Å². The van der Waals surface area contributed by atoms with Gasteiger partial charge in [-0.2, -0.15) is 0 Å². The van der Waals surface area contributed by atoms with E-state index >= 15 is 0 Å². The van der Waals surface area contributed by atoms with Crippen molar-refractivity contribution >= 4 is 11.8 Å². The number of anilines is 1. The van der Waals surface area contributed by atoms with E-state index in [9.17, 15) is 4.79 Å². The molecule has 0 radical (unpaired) electrons. The molecule has 1 aromatic carbocycles. The quantitative estimate of drug-likeness (QED) is 0.895. The van der Waals surface area contributed by atoms with Gasteiger partial charge in [-0.3, -0.25) is 0 Å². The Morgan fingerprint density at radius 1 is 1.35 bits per heavy atom. The van der Waals surface area contributed by atoms with Crippen LogP contribution in [-0.2, 0) is 11.3 Å². The van der Waals surface area contributed by atoms with E-state index in [1.165, 1.54) is 11.3 Å². The Labute approximate surface area is 138 Å². The summed E-state index contributed by atoms with van der Waals surface area (Å²) in [6.45, 7) is 7.64. The monoisotopic (exact) mass is 317 g/mol. The molecule has 5 nitrogen and oxygen atoms in total. The van der Waals surface area contributed by atoms with E-state index in [4.69, 9.17) is 4.74 Å². The number of para-hydroxylation sites is 1. The Morgan fingerprint density at radius 3 is 2.87 bits per heavy atom. The number of carbonyl (C=O) groups is 1. The molecule has 1 aromatic rings. The third-order valence-corrected chi connectivity index (χ3v) is 4.40. The summed E-state index contributed by atoms with van der Waals surface area (Å²) in [4.78, 5) is 11.9. The number of carbonyl (C=O) groups excluding carboxylic acids is 1. The Bertz CT molecular complexity index is 543. The molecule has 0 unspecified atom stereocenters. The van der Waals surface area contributed by atoms with Crippen molar-refractivity contribution in [2.75, 3.05) is 12.0 Å². The molecule has 5 heteroatoms. The second kappa shape index (κ2) is 6.40. The predicted octanol–water partition coefficient (Wildman–Crippen LogP) is 3.52. The number of hydrogen-bond donors (Lipinski definition) is 2. The molecule has 126 valence electrons. The van der Waals surface area contributed by atoms with Crippen LogP contribution in [0, 0.1) is 5.92 Å². The van der Waals surface area contributed by atoms with Crippen LogP contribution in [0.25, 0.3) is 0 Å². The minimum Gasteiger partial charge on any atom is -0.444 e. The number of alkyl carbamates (subject to hydrolysis) is 1. The lowest BCUT2D eigenvalue weighted by molar-refractivity contribution is 0.0504. The van der Waals surface area contributed by atoms with Gasteiger partial charge < -0.3 is 15.5 Å². The van der Waals surface area contributed by atoms with Gasteiger partial charge in [0.1, 0.15) is 5.60 Å². The summed E-state index contributed by atoms with van der Waals surface area (Å²) in [6, 6.07) is 8.67. The number of nitrogens with zero attached hydrogens (tertiary/aromatic N) is 1. The molecule has 1 heterocycles. The van der Waals surface area contributed by atoms with Gasteiger partial charge in [-0.15, -0.1) is 0 Å². The van der Waals surface area contributed by atoms with Gasteiger partial charge >= 0.3 is 6.09 Å². The topological polar surface area (TPSA) is 53.6 Å². The van der Waals surface area contributed by atoms with E-state index in [0.29, 0.717) is 5.92 Å². The molecule has 0 aromatic heterocycles. The van der Waals surface area contributed by atoms with E-state index in [1.807, 2.05) is 20.8 Å². The lowest BCUT2D eigenvalue weighted by atomic mass is 10.1. The van der Waals surface area contributed by atoms with Crippen LogP contribution in [0.3, 0.4) is 0 Å². The van der Waals surface area contributed by atoms with Crippen molar-refractivity contribution in [3.8, 4) is 0 Å². The molecular weight excluding hydrogens is 290 g/mol. The molecule has 0 saturated heterocycles. The Hall–Kier alpha value is -1.75. The highest BCUT2D eigenvalue weighted by Crippen LogP contribution is 2.30. The molecule has 3 rings (SSSR count). The maximum Gasteiger partial charge on any atom is 0.407 e. The highest BCUT2D eigenvalue weighted by molar-refractivity contribution is 5.68. The van der Waals surface area contributed by atoms with Gasteiger partial charge in [-0.1, -0.05) is 18.2 Å². The van der Waals surface area contributed by atoms with Crippen LogP contribution in [0.4, 0.5) is 10.5 Å². The zero-order valence-electron chi connectivity index (χ0n) is 14.3. The lowest BCUT2D eigenvalue weighted by Gasteiger charge is -2.22. The summed E-state index contributed by atoms with van der Waals surface area (Å²) >= 11 is 0. The van der Waals surface area contributed by atoms with Crippen molar-refractivity contribution in [2.24, 2.45) is 5.92 Å². The molecular formula is C18H27N3O2. The first kappa shape index (κ1) is 16.1. The molecule has 1 aliphatic carbocycles. The van der Waals surface area contributed by atoms with E-state index in [2.05, 4.69) is 40.0 Å². The average molecular weight is 317 g/mol. The van der Waals surface area contributed by atoms with Gasteiger partial charge in [-0.05, 0) is 57.6 Å². The number of ether oxygens (including phenoxy) is 1. The first-order valence-electron chi connectivity index (χ1n) is 8.48. The van der Waals surface area contributed by atoms with Gasteiger partial charge in [0.2, 0.25) is 0 Å². The maximum absolute atomic E-state index is 11.9. The standard InChI is InChI=1S/C18H27N3O2/c1-18(2,3)23-17(22)19-15-9-8-13(10-15)11-21-12-14-6-4-5-7-16(14)20-21/h4-7,13,15,20H,8-12H2,1-3H3,(H,19,22)/t13-,15+/m1/s1. The molecule has 0 bridgehead atoms. The highest BCUT2D eigenvalue weighted by Gasteiger charge is 2.30. The number of amides is 1. The summed E-state index contributed by atoms with van der Waals surface area (Å²) in [5, 5.41) is 5.29. The summed E-state index contributed by atoms with van der Waals surface area (Å²) in [6.07, 6.45) is 2.91. The summed E-state index contributed by atoms with van der Waals surface area (Å²) in [7, 11) is 0. The molecule has 2 atom stereocenters. The maximum atomic E-state index is 11.9. The number of rotatable bonds is 3. The minimum atomic E-state index is -0.437. The normalized spacial score (nSPS) is 24.1. The lowest BCUT2D eigenvalue weighted by Crippen LogP contribution is -2.38. The second-order valence-electron chi connectivity index (χ2n) is 7.67. The largest absolute Gasteiger partial charge is 0.444 e. The second-order valence-corrected chi connectivity index (χ2v) is 7.67. The first-order valence-corrected chi connectivity index (χ1v) is 8.48. The van der Waals surface area contributed by atoms with Crippen LogP contribution in [0.15, 0.2) is 24.3 Å². The van der Waals surface area contributed by atoms with Crippen molar-refractivity contribution in [1.29, 1.82) is 0 Å². The van der Waals surface area contributed by atoms with Crippen molar-refractivity contribution in [2.45, 2.75) is 58.2 Å². The fourth-order valence-electron chi connectivity index (χ4n) is 3.45. The zero-order chi connectivity index (χ0) is 16.4. The molecule has 1 saturated carbocycles. The van der Waals surface area contributed by atoms with Crippen LogP contribution < -0.4 is 10.7 Å². The van der Waals surface area contributed by atoms with Crippen LogP contribution in [0.1, 0.15) is 45.6 Å². The number of fused-ring (bicyclic) bond motifs is 1. The average Bonchev–Trinajstić information content (AvgIpc) is 3.02. The number of nitrogens with one attached hydrogen (secondary N) is 2. The van der Waals surface area contributed by atoms with Crippen molar-refractivity contribution in [1.82, 2.24) is 10.3 Å². The van der Waals surface area contributed by atoms with Crippen LogP contribution in [0.2, 0.25) is 0 Å². The molecule has 1 amide bonds. The van der Waals surface area contributed by atoms with Gasteiger partial charge in [0.15, 0.2) is 0 Å². The molecule has 1 aliphatic heterocycles. The molecule has 0 spiro atoms. The summed E-state index contributed by atoms with van der Waals surface area (Å²) in [5.41, 5.74) is 5.60. The third-order valence-electron chi connectivity index (χ3n) is 4.40. The third kappa shape index (κ3) is 4.38. The Morgan fingerprint density at radius 2 is 2.13 bits per heavy atom. The fourth-order valence-corrected chi connectivity index (χ4v) is 3.45. The number of hydrogen-bond acceptors (Lipinski definition) is 4. The number of benzene rings is 1. The Balaban J connectivity index is 1.43. The number of hydrazine groups is 1. The molecule has 1 fully saturated rings. The van der Waals surface area contributed by atoms with Gasteiger partial charge in [0.05, 0.1) is 5.69 Å². The predicted molar refractivity (Wildman–Crippen MR) is 91.0 cm³/mol. The van der Waals surface area contributed by atoms with Gasteiger partial charge in [-0.25, -0.2) is 9.80 Å². The van der Waals surface area contributed by atoms with Crippen LogP contribution in [-0.4, -0.2) is 29.3 Å². The SMILES string of the molecule is CC(C)(C)OC(=O)N[C@H]1CC[C@@H](CN2Cc3ccccc3N2)C1. The zero-order valence-corrected chi connectivity index (χ0v) is 14.3. The Kier molecular flexibility index (Phi) is 4.48. The van der Waals surface area contributed by atoms with E-state index in [1.54, 1.807) is 0 Å². The van der Waals surface area contributed by atoms with Crippen LogP contribution in [0.5, 0.6) is 0 Å². The summed E-state index contributed by atoms with van der Waals surface area (Å²) in [5.74, 6) is 0.608. The highest BCUT2D eigenvalue weighted by atomic mass is 16.6. The van der Waals surface area contributed by atoms with Crippen LogP contribution >= 0.6 is 0 Å². The van der Waals surface area contributed by atoms with Crippen molar-refractivity contribution < 1.29 is 9.53 Å². The van der Waals surface area contributed by atoms with E-state index in [-0.39, 0.29) is 12.1 Å². The minimum absolute atomic E-state index is 0.236. The molecule has 2 aliphatic rings. The molecule has 23 heavy (non-hydrogen) atoms. The molecule has 2 N–H and O–H groups in total. The summed E-state index contributed by atoms with van der Waals surface area (Å²) < 4.78 is 5.34. The van der Waals surface area contributed by atoms with E-state index < -0.39 is 5.60 Å². The van der Waals surface area contributed by atoms with Gasteiger partial charge in [0.25, 0.3) is 0 Å². The first-order chi connectivity index (χ1) is 10.9. The van der Waals surface area contributed by atoms with Crippen molar-refractivity contribution in [3.05, 3.63) is 29.8 Å². The van der Waals surface area contributed by atoms with E-state index in [0.717, 1.165) is 32.4 Å².